The second-order valence-corrected chi connectivity index (χ2v) is 7.19. The zero-order chi connectivity index (χ0) is 14.8. The Labute approximate surface area is 131 Å². The number of hydrogen-bond acceptors (Lipinski definition) is 3. The predicted molar refractivity (Wildman–Crippen MR) is 83.4 cm³/mol. The maximum atomic E-state index is 13.7. The van der Waals surface area contributed by atoms with Crippen LogP contribution >= 0.6 is 12.4 Å². The van der Waals surface area contributed by atoms with Crippen molar-refractivity contribution in [2.24, 2.45) is 11.7 Å². The van der Waals surface area contributed by atoms with E-state index >= 15 is 0 Å². The van der Waals surface area contributed by atoms with Crippen LogP contribution in [-0.4, -0.2) is 20.5 Å². The van der Waals surface area contributed by atoms with Crippen molar-refractivity contribution in [2.75, 3.05) is 6.54 Å². The van der Waals surface area contributed by atoms with Crippen LogP contribution in [0.15, 0.2) is 29.2 Å². The van der Waals surface area contributed by atoms with Crippen molar-refractivity contribution in [2.45, 2.75) is 43.0 Å². The Kier molecular flexibility index (Phi) is 6.16. The van der Waals surface area contributed by atoms with E-state index in [1.165, 1.54) is 18.2 Å². The molecule has 0 radical (unpaired) electrons. The zero-order valence-electron chi connectivity index (χ0n) is 12.0. The Hall–Kier alpha value is -0.690. The van der Waals surface area contributed by atoms with Gasteiger partial charge >= 0.3 is 0 Å². The Morgan fingerprint density at radius 2 is 2.05 bits per heavy atom. The van der Waals surface area contributed by atoms with E-state index in [4.69, 9.17) is 5.73 Å². The molecular formula is C14H22ClFN2O2S. The van der Waals surface area contributed by atoms with Gasteiger partial charge in [0, 0.05) is 12.1 Å². The average molecular weight is 337 g/mol. The third-order valence-electron chi connectivity index (χ3n) is 4.28. The van der Waals surface area contributed by atoms with E-state index < -0.39 is 21.4 Å². The van der Waals surface area contributed by atoms with Gasteiger partial charge in [0.1, 0.15) is 10.7 Å². The molecule has 120 valence electrons. The third-order valence-corrected chi connectivity index (χ3v) is 5.87. The third kappa shape index (κ3) is 3.74. The molecule has 0 amide bonds. The smallest absolute Gasteiger partial charge is 0.244 e. The minimum Gasteiger partial charge on any atom is -0.329 e. The first kappa shape index (κ1) is 18.4. The first-order valence-corrected chi connectivity index (χ1v) is 8.38. The summed E-state index contributed by atoms with van der Waals surface area (Å²) in [5.41, 5.74) is 5.16. The molecule has 0 aromatic heterocycles. The van der Waals surface area contributed by atoms with Gasteiger partial charge in [-0.05, 0) is 30.9 Å². The summed E-state index contributed by atoms with van der Waals surface area (Å²) >= 11 is 0. The van der Waals surface area contributed by atoms with E-state index in [0.29, 0.717) is 6.42 Å². The van der Waals surface area contributed by atoms with Gasteiger partial charge < -0.3 is 5.73 Å². The van der Waals surface area contributed by atoms with Crippen LogP contribution in [0.25, 0.3) is 0 Å². The fraction of sp³-hybridized carbons (Fsp3) is 0.571. The summed E-state index contributed by atoms with van der Waals surface area (Å²) in [6.45, 7) is 2.22. The molecule has 0 aliphatic heterocycles. The molecular weight excluding hydrogens is 315 g/mol. The second kappa shape index (κ2) is 7.05. The number of sulfonamides is 1. The van der Waals surface area contributed by atoms with Gasteiger partial charge in [0.05, 0.1) is 0 Å². The molecule has 4 nitrogen and oxygen atoms in total. The van der Waals surface area contributed by atoms with Crippen LogP contribution in [0.3, 0.4) is 0 Å². The summed E-state index contributed by atoms with van der Waals surface area (Å²) in [6, 6.07) is 5.40. The highest BCUT2D eigenvalue weighted by molar-refractivity contribution is 7.89. The quantitative estimate of drug-likeness (QED) is 0.887. The van der Waals surface area contributed by atoms with E-state index in [-0.39, 0.29) is 29.8 Å². The van der Waals surface area contributed by atoms with Gasteiger partial charge in [-0.25, -0.2) is 17.5 Å². The van der Waals surface area contributed by atoms with E-state index in [9.17, 15) is 12.8 Å². The van der Waals surface area contributed by atoms with Gasteiger partial charge in [0.25, 0.3) is 0 Å². The van der Waals surface area contributed by atoms with Crippen molar-refractivity contribution in [3.05, 3.63) is 30.1 Å². The van der Waals surface area contributed by atoms with Gasteiger partial charge in [-0.2, -0.15) is 0 Å². The maximum absolute atomic E-state index is 13.7. The molecule has 0 spiro atoms. The molecule has 1 aromatic carbocycles. The van der Waals surface area contributed by atoms with Gasteiger partial charge in [-0.3, -0.25) is 0 Å². The van der Waals surface area contributed by atoms with E-state index in [1.54, 1.807) is 0 Å². The monoisotopic (exact) mass is 336 g/mol. The molecule has 3 N–H and O–H groups in total. The fourth-order valence-corrected chi connectivity index (χ4v) is 4.51. The van der Waals surface area contributed by atoms with Crippen LogP contribution in [0.4, 0.5) is 4.39 Å². The minimum atomic E-state index is -3.90. The number of hydrogen-bond donors (Lipinski definition) is 2. The molecule has 1 fully saturated rings. The standard InChI is InChI=1S/C14H21FN2O2S.ClH/c1-11-6-4-5-9-14(11,10-16)17-20(18,19)13-8-3-2-7-12(13)15;/h2-3,7-8,11,17H,4-6,9-10,16H2,1H3;1H. The lowest BCUT2D eigenvalue weighted by molar-refractivity contribution is 0.191. The maximum Gasteiger partial charge on any atom is 0.244 e. The average Bonchev–Trinajstić information content (AvgIpc) is 2.41. The lowest BCUT2D eigenvalue weighted by Gasteiger charge is -2.42. The van der Waals surface area contributed by atoms with Crippen LogP contribution in [0, 0.1) is 11.7 Å². The molecule has 1 aromatic rings. The summed E-state index contributed by atoms with van der Waals surface area (Å²) in [6.07, 6.45) is 3.63. The highest BCUT2D eigenvalue weighted by Gasteiger charge is 2.41. The van der Waals surface area contributed by atoms with Crippen LogP contribution in [-0.2, 0) is 10.0 Å². The van der Waals surface area contributed by atoms with E-state index in [2.05, 4.69) is 4.72 Å². The first-order valence-electron chi connectivity index (χ1n) is 6.90. The number of nitrogens with one attached hydrogen (secondary N) is 1. The van der Waals surface area contributed by atoms with Crippen molar-refractivity contribution in [3.8, 4) is 0 Å². The molecule has 1 aliphatic carbocycles. The number of benzene rings is 1. The van der Waals surface area contributed by atoms with Gasteiger partial charge in [-0.1, -0.05) is 31.9 Å². The second-order valence-electron chi connectivity index (χ2n) is 5.54. The number of halogens is 2. The fourth-order valence-electron chi connectivity index (χ4n) is 2.90. The molecule has 7 heteroatoms. The van der Waals surface area contributed by atoms with Crippen molar-refractivity contribution in [1.82, 2.24) is 4.72 Å². The topological polar surface area (TPSA) is 72.2 Å². The van der Waals surface area contributed by atoms with Crippen molar-refractivity contribution in [1.29, 1.82) is 0 Å². The molecule has 1 aliphatic rings. The van der Waals surface area contributed by atoms with Crippen LogP contribution < -0.4 is 10.5 Å². The minimum absolute atomic E-state index is 0. The zero-order valence-corrected chi connectivity index (χ0v) is 13.6. The predicted octanol–water partition coefficient (Wildman–Crippen LogP) is 2.43. The van der Waals surface area contributed by atoms with Crippen LogP contribution in [0.5, 0.6) is 0 Å². The Balaban J connectivity index is 0.00000220. The molecule has 0 heterocycles. The normalized spacial score (nSPS) is 26.1. The lowest BCUT2D eigenvalue weighted by Crippen LogP contribution is -2.59. The van der Waals surface area contributed by atoms with Gasteiger partial charge in [0.2, 0.25) is 10.0 Å². The summed E-state index contributed by atoms with van der Waals surface area (Å²) in [5, 5.41) is 0. The number of rotatable bonds is 4. The first-order chi connectivity index (χ1) is 9.41. The lowest BCUT2D eigenvalue weighted by atomic mass is 9.74. The van der Waals surface area contributed by atoms with E-state index in [1.807, 2.05) is 6.92 Å². The molecule has 2 rings (SSSR count). The molecule has 0 bridgehead atoms. The van der Waals surface area contributed by atoms with Crippen molar-refractivity contribution >= 4 is 22.4 Å². The van der Waals surface area contributed by atoms with Crippen LogP contribution in [0.1, 0.15) is 32.6 Å². The molecule has 2 unspecified atom stereocenters. The molecule has 1 saturated carbocycles. The SMILES string of the molecule is CC1CCCCC1(CN)NS(=O)(=O)c1ccccc1F.Cl. The summed E-state index contributed by atoms with van der Waals surface area (Å²) < 4.78 is 41.2. The van der Waals surface area contributed by atoms with Crippen molar-refractivity contribution in [3.63, 3.8) is 0 Å². The highest BCUT2D eigenvalue weighted by Crippen LogP contribution is 2.34. The van der Waals surface area contributed by atoms with Gasteiger partial charge in [-0.15, -0.1) is 12.4 Å². The van der Waals surface area contributed by atoms with Gasteiger partial charge in [0.15, 0.2) is 0 Å². The molecule has 2 atom stereocenters. The molecule has 0 saturated heterocycles. The number of nitrogens with two attached hydrogens (primary N) is 1. The summed E-state index contributed by atoms with van der Waals surface area (Å²) in [7, 11) is -3.90. The largest absolute Gasteiger partial charge is 0.329 e. The summed E-state index contributed by atoms with van der Waals surface area (Å²) in [4.78, 5) is -0.314. The van der Waals surface area contributed by atoms with Crippen molar-refractivity contribution < 1.29 is 12.8 Å². The highest BCUT2D eigenvalue weighted by atomic mass is 35.5. The Morgan fingerprint density at radius 1 is 1.38 bits per heavy atom. The summed E-state index contributed by atoms with van der Waals surface area (Å²) in [5.74, 6) is -0.599. The molecule has 21 heavy (non-hydrogen) atoms. The van der Waals surface area contributed by atoms with Crippen LogP contribution in [0.2, 0.25) is 0 Å². The Morgan fingerprint density at radius 3 is 2.62 bits per heavy atom. The Bertz CT molecular complexity index is 582. The van der Waals surface area contributed by atoms with E-state index in [0.717, 1.165) is 25.3 Å².